The molecular weight excluding hydrogens is 364 g/mol. The number of benzene rings is 1. The van der Waals surface area contributed by atoms with Crippen molar-refractivity contribution in [1.82, 2.24) is 10.2 Å². The molecular formula is C20H17ClN4O2. The average Bonchev–Trinajstić information content (AvgIpc) is 3.29. The number of nitrogens with two attached hydrogens (primary N) is 1. The van der Waals surface area contributed by atoms with Gasteiger partial charge in [-0.05, 0) is 30.7 Å². The molecule has 0 aliphatic carbocycles. The molecule has 0 amide bonds. The van der Waals surface area contributed by atoms with Crippen LogP contribution in [-0.4, -0.2) is 10.2 Å². The molecule has 0 unspecified atom stereocenters. The third kappa shape index (κ3) is 2.86. The van der Waals surface area contributed by atoms with Crippen molar-refractivity contribution in [3.8, 4) is 23.3 Å². The Morgan fingerprint density at radius 3 is 2.85 bits per heavy atom. The Balaban J connectivity index is 1.85. The number of nitriles is 1. The minimum atomic E-state index is -0.477. The molecule has 0 saturated heterocycles. The maximum atomic E-state index is 9.68. The standard InChI is InChI=1S/C20H17ClN4O2/c1-2-5-14-18-17(12(10-22)19(23)27-20(18)25-24-14)16-9-8-15(26-16)11-6-3-4-7-13(11)21/h3-4,6-9,17H,2,5,23H2,1H3,(H,24,25)/t17-/m0/s1. The van der Waals surface area contributed by atoms with Crippen LogP contribution in [0.4, 0.5) is 0 Å². The molecule has 136 valence electrons. The first kappa shape index (κ1) is 17.3. The molecule has 3 heterocycles. The topological polar surface area (TPSA) is 101 Å². The van der Waals surface area contributed by atoms with Crippen LogP contribution < -0.4 is 10.5 Å². The van der Waals surface area contributed by atoms with E-state index in [1.165, 1.54) is 0 Å². The fourth-order valence-corrected chi connectivity index (χ4v) is 3.58. The largest absolute Gasteiger partial charge is 0.460 e. The van der Waals surface area contributed by atoms with Gasteiger partial charge in [0.05, 0.1) is 16.5 Å². The van der Waals surface area contributed by atoms with E-state index >= 15 is 0 Å². The molecule has 1 aliphatic rings. The number of aromatic amines is 1. The molecule has 4 rings (SSSR count). The molecule has 0 radical (unpaired) electrons. The quantitative estimate of drug-likeness (QED) is 0.694. The van der Waals surface area contributed by atoms with Crippen molar-refractivity contribution in [1.29, 1.82) is 5.26 Å². The highest BCUT2D eigenvalue weighted by Crippen LogP contribution is 2.44. The number of nitrogens with zero attached hydrogens (tertiary/aromatic N) is 2. The maximum absolute atomic E-state index is 9.68. The lowest BCUT2D eigenvalue weighted by Crippen LogP contribution is -2.21. The summed E-state index contributed by atoms with van der Waals surface area (Å²) in [7, 11) is 0. The molecule has 0 saturated carbocycles. The van der Waals surface area contributed by atoms with E-state index in [0.29, 0.717) is 28.0 Å². The molecule has 0 fully saturated rings. The van der Waals surface area contributed by atoms with Crippen molar-refractivity contribution >= 4 is 11.6 Å². The molecule has 1 atom stereocenters. The second kappa shape index (κ2) is 6.86. The Kier molecular flexibility index (Phi) is 4.38. The Morgan fingerprint density at radius 2 is 2.11 bits per heavy atom. The number of hydrogen-bond donors (Lipinski definition) is 2. The molecule has 0 bridgehead atoms. The van der Waals surface area contributed by atoms with Crippen LogP contribution in [0.25, 0.3) is 11.3 Å². The van der Waals surface area contributed by atoms with E-state index in [9.17, 15) is 5.26 Å². The van der Waals surface area contributed by atoms with Gasteiger partial charge in [-0.1, -0.05) is 37.1 Å². The molecule has 0 spiro atoms. The molecule has 3 N–H and O–H groups in total. The summed E-state index contributed by atoms with van der Waals surface area (Å²) >= 11 is 6.29. The van der Waals surface area contributed by atoms with Crippen molar-refractivity contribution in [2.45, 2.75) is 25.7 Å². The van der Waals surface area contributed by atoms with Crippen molar-refractivity contribution in [2.24, 2.45) is 5.73 Å². The van der Waals surface area contributed by atoms with Gasteiger partial charge in [-0.2, -0.15) is 5.26 Å². The average molecular weight is 381 g/mol. The maximum Gasteiger partial charge on any atom is 0.244 e. The van der Waals surface area contributed by atoms with Crippen LogP contribution in [0.2, 0.25) is 5.02 Å². The first-order valence-corrected chi connectivity index (χ1v) is 9.01. The SMILES string of the molecule is CCCc1[nH]nc2c1[C@H](c1ccc(-c3ccccc3Cl)o1)C(C#N)=C(N)O2. The summed E-state index contributed by atoms with van der Waals surface area (Å²) in [6.45, 7) is 2.07. The van der Waals surface area contributed by atoms with Crippen molar-refractivity contribution in [3.63, 3.8) is 0 Å². The molecule has 7 heteroatoms. The third-order valence-corrected chi connectivity index (χ3v) is 4.90. The number of H-pyrrole nitrogens is 1. The highest BCUT2D eigenvalue weighted by molar-refractivity contribution is 6.33. The van der Waals surface area contributed by atoms with Gasteiger partial charge in [-0.25, -0.2) is 0 Å². The smallest absolute Gasteiger partial charge is 0.244 e. The van der Waals surface area contributed by atoms with Crippen LogP contribution in [-0.2, 0) is 6.42 Å². The number of allylic oxidation sites excluding steroid dienone is 1. The second-order valence-electron chi connectivity index (χ2n) is 6.28. The summed E-state index contributed by atoms with van der Waals surface area (Å²) < 4.78 is 11.7. The van der Waals surface area contributed by atoms with E-state index in [2.05, 4.69) is 23.2 Å². The van der Waals surface area contributed by atoms with Gasteiger partial charge < -0.3 is 14.9 Å². The van der Waals surface area contributed by atoms with Crippen LogP contribution in [0.15, 0.2) is 52.3 Å². The van der Waals surface area contributed by atoms with Gasteiger partial charge in [0.25, 0.3) is 0 Å². The Labute approximate surface area is 161 Å². The first-order chi connectivity index (χ1) is 13.1. The molecule has 3 aromatic rings. The van der Waals surface area contributed by atoms with Crippen molar-refractivity contribution in [2.75, 3.05) is 0 Å². The summed E-state index contributed by atoms with van der Waals surface area (Å²) in [6.07, 6.45) is 1.70. The minimum Gasteiger partial charge on any atom is -0.460 e. The summed E-state index contributed by atoms with van der Waals surface area (Å²) in [5.74, 6) is 1.17. The summed E-state index contributed by atoms with van der Waals surface area (Å²) in [5.41, 5.74) is 8.77. The number of rotatable bonds is 4. The molecule has 1 aromatic carbocycles. The Bertz CT molecular complexity index is 1070. The summed E-state index contributed by atoms with van der Waals surface area (Å²) in [5, 5.41) is 17.5. The van der Waals surface area contributed by atoms with Gasteiger partial charge in [0.2, 0.25) is 11.8 Å². The van der Waals surface area contributed by atoms with Crippen LogP contribution in [0.3, 0.4) is 0 Å². The fraction of sp³-hybridized carbons (Fsp3) is 0.200. The number of nitrogens with one attached hydrogen (secondary N) is 1. The first-order valence-electron chi connectivity index (χ1n) is 8.63. The lowest BCUT2D eigenvalue weighted by molar-refractivity contribution is 0.371. The van der Waals surface area contributed by atoms with Gasteiger partial charge in [0.1, 0.15) is 23.2 Å². The van der Waals surface area contributed by atoms with Gasteiger partial charge in [-0.3, -0.25) is 5.10 Å². The number of furan rings is 1. The highest BCUT2D eigenvalue weighted by Gasteiger charge is 2.37. The van der Waals surface area contributed by atoms with E-state index in [0.717, 1.165) is 29.7 Å². The van der Waals surface area contributed by atoms with Crippen LogP contribution >= 0.6 is 11.6 Å². The normalized spacial score (nSPS) is 16.0. The van der Waals surface area contributed by atoms with E-state index < -0.39 is 5.92 Å². The van der Waals surface area contributed by atoms with Gasteiger partial charge >= 0.3 is 0 Å². The lowest BCUT2D eigenvalue weighted by Gasteiger charge is -2.22. The van der Waals surface area contributed by atoms with E-state index in [-0.39, 0.29) is 5.88 Å². The van der Waals surface area contributed by atoms with Crippen molar-refractivity contribution < 1.29 is 9.15 Å². The van der Waals surface area contributed by atoms with E-state index in [4.69, 9.17) is 26.5 Å². The van der Waals surface area contributed by atoms with E-state index in [1.54, 1.807) is 6.07 Å². The van der Waals surface area contributed by atoms with Crippen LogP contribution in [0.1, 0.15) is 36.3 Å². The highest BCUT2D eigenvalue weighted by atomic mass is 35.5. The van der Waals surface area contributed by atoms with E-state index in [1.807, 2.05) is 30.3 Å². The molecule has 2 aromatic heterocycles. The second-order valence-corrected chi connectivity index (χ2v) is 6.68. The van der Waals surface area contributed by atoms with Gasteiger partial charge in [-0.15, -0.1) is 5.10 Å². The fourth-order valence-electron chi connectivity index (χ4n) is 3.35. The van der Waals surface area contributed by atoms with Crippen LogP contribution in [0, 0.1) is 11.3 Å². The zero-order chi connectivity index (χ0) is 19.0. The Morgan fingerprint density at radius 1 is 1.30 bits per heavy atom. The monoisotopic (exact) mass is 380 g/mol. The number of halogens is 1. The number of fused-ring (bicyclic) bond motifs is 1. The number of ether oxygens (including phenoxy) is 1. The zero-order valence-corrected chi connectivity index (χ0v) is 15.4. The number of hydrogen-bond acceptors (Lipinski definition) is 5. The predicted molar refractivity (Wildman–Crippen MR) is 101 cm³/mol. The van der Waals surface area contributed by atoms with Gasteiger partial charge in [0.15, 0.2) is 0 Å². The van der Waals surface area contributed by atoms with Crippen LogP contribution in [0.5, 0.6) is 5.88 Å². The lowest BCUT2D eigenvalue weighted by atomic mass is 9.87. The van der Waals surface area contributed by atoms with Gasteiger partial charge in [0, 0.05) is 11.3 Å². The zero-order valence-electron chi connectivity index (χ0n) is 14.6. The number of aryl methyl sites for hydroxylation is 1. The third-order valence-electron chi connectivity index (χ3n) is 4.57. The molecule has 6 nitrogen and oxygen atoms in total. The Hall–Kier alpha value is -3.17. The summed E-state index contributed by atoms with van der Waals surface area (Å²) in [6, 6.07) is 13.3. The summed E-state index contributed by atoms with van der Waals surface area (Å²) in [4.78, 5) is 0. The van der Waals surface area contributed by atoms with Crippen molar-refractivity contribution in [3.05, 3.63) is 69.9 Å². The minimum absolute atomic E-state index is 0.0419. The predicted octanol–water partition coefficient (Wildman–Crippen LogP) is 4.49. The molecule has 1 aliphatic heterocycles. The molecule has 27 heavy (non-hydrogen) atoms. The number of aromatic nitrogens is 2.